The van der Waals surface area contributed by atoms with Gasteiger partial charge in [0, 0.05) is 5.56 Å². The van der Waals surface area contributed by atoms with Gasteiger partial charge >= 0.3 is 6.36 Å². The molecule has 9 heteroatoms. The fourth-order valence-electron chi connectivity index (χ4n) is 3.06. The maximum Gasteiger partial charge on any atom is 0.573 e. The Hall–Kier alpha value is -1.38. The Labute approximate surface area is 142 Å². The molecule has 1 aromatic rings. The highest BCUT2D eigenvalue weighted by atomic mass is 35.5. The molecule has 2 N–H and O–H groups in total. The fourth-order valence-corrected chi connectivity index (χ4v) is 3.06. The Morgan fingerprint density at radius 2 is 1.92 bits per heavy atom. The number of ketones is 1. The lowest BCUT2D eigenvalue weighted by atomic mass is 9.69. The lowest BCUT2D eigenvalue weighted by Gasteiger charge is -2.42. The molecular weight excluding hydrogens is 354 g/mol. The highest BCUT2D eigenvalue weighted by Gasteiger charge is 2.52. The molecule has 0 heterocycles. The van der Waals surface area contributed by atoms with Crippen LogP contribution >= 0.6 is 12.4 Å². The van der Waals surface area contributed by atoms with Crippen LogP contribution < -0.4 is 10.1 Å². The molecule has 0 aromatic heterocycles. The van der Waals surface area contributed by atoms with E-state index in [1.54, 1.807) is 0 Å². The van der Waals surface area contributed by atoms with Crippen molar-refractivity contribution >= 4 is 18.2 Å². The minimum atomic E-state index is -5.05. The van der Waals surface area contributed by atoms with E-state index in [-0.39, 0.29) is 30.8 Å². The average molecular weight is 372 g/mol. The topological polar surface area (TPSA) is 58.6 Å². The van der Waals surface area contributed by atoms with Crippen molar-refractivity contribution in [2.75, 3.05) is 7.05 Å². The molecular formula is C15H18ClF4NO3. The van der Waals surface area contributed by atoms with E-state index < -0.39 is 34.9 Å². The van der Waals surface area contributed by atoms with E-state index in [9.17, 15) is 27.5 Å². The molecule has 1 saturated carbocycles. The molecule has 0 radical (unpaired) electrons. The molecule has 0 amide bonds. The maximum atomic E-state index is 14.5. The molecule has 0 spiro atoms. The fraction of sp³-hybridized carbons (Fsp3) is 0.533. The summed E-state index contributed by atoms with van der Waals surface area (Å²) in [6.07, 6.45) is -4.28. The molecule has 0 unspecified atom stereocenters. The van der Waals surface area contributed by atoms with E-state index >= 15 is 0 Å². The molecule has 2 atom stereocenters. The van der Waals surface area contributed by atoms with Crippen molar-refractivity contribution in [2.24, 2.45) is 0 Å². The van der Waals surface area contributed by atoms with Gasteiger partial charge < -0.3 is 15.2 Å². The van der Waals surface area contributed by atoms with Crippen LogP contribution in [0.1, 0.15) is 31.7 Å². The summed E-state index contributed by atoms with van der Waals surface area (Å²) in [5.74, 6) is -2.96. The predicted octanol–water partition coefficient (Wildman–Crippen LogP) is 3.06. The number of likely N-dealkylation sites (N-methyl/N-ethyl adjacent to an activating group) is 1. The van der Waals surface area contributed by atoms with Crippen LogP contribution in [0.4, 0.5) is 17.6 Å². The summed E-state index contributed by atoms with van der Waals surface area (Å²) >= 11 is 0. The largest absolute Gasteiger partial charge is 0.573 e. The monoisotopic (exact) mass is 371 g/mol. The summed E-state index contributed by atoms with van der Waals surface area (Å²) < 4.78 is 55.3. The quantitative estimate of drug-likeness (QED) is 0.802. The van der Waals surface area contributed by atoms with Crippen LogP contribution in [0.3, 0.4) is 0 Å². The van der Waals surface area contributed by atoms with Crippen LogP contribution in [-0.2, 0) is 10.3 Å². The number of benzene rings is 1. The minimum absolute atomic E-state index is 0. The van der Waals surface area contributed by atoms with Gasteiger partial charge in [-0.1, -0.05) is 12.1 Å². The summed E-state index contributed by atoms with van der Waals surface area (Å²) in [5.41, 5.74) is -3.56. The van der Waals surface area contributed by atoms with Gasteiger partial charge in [-0.05, 0) is 39.3 Å². The molecule has 1 aliphatic rings. The Morgan fingerprint density at radius 3 is 2.46 bits per heavy atom. The van der Waals surface area contributed by atoms with Crippen molar-refractivity contribution in [1.29, 1.82) is 0 Å². The zero-order valence-electron chi connectivity index (χ0n) is 13.0. The first-order chi connectivity index (χ1) is 10.5. The second-order valence-corrected chi connectivity index (χ2v) is 5.78. The number of ether oxygens (including phenoxy) is 1. The highest BCUT2D eigenvalue weighted by Crippen LogP contribution is 2.41. The number of hydrogen-bond acceptors (Lipinski definition) is 4. The molecule has 1 fully saturated rings. The zero-order chi connectivity index (χ0) is 17.5. The first-order valence-corrected chi connectivity index (χ1v) is 7.04. The van der Waals surface area contributed by atoms with Gasteiger partial charge in [0.05, 0.1) is 0 Å². The number of halogens is 5. The smallest absolute Gasteiger partial charge is 0.403 e. The van der Waals surface area contributed by atoms with E-state index in [1.807, 2.05) is 0 Å². The standard InChI is InChI=1S/C15H17F4NO3.ClH/c1-13(22)7-4-8-14(20-2,12(13)21)9-5-3-6-10(11(9)16)23-15(17,18)19;/h3,5-6,20,22H,4,7-8H2,1-2H3;1H/t13-,14+;/m0./s1. The molecule has 136 valence electrons. The Kier molecular flexibility index (Phi) is 5.90. The van der Waals surface area contributed by atoms with Crippen molar-refractivity contribution < 1.29 is 32.2 Å². The molecule has 2 rings (SSSR count). The number of carbonyl (C=O) groups excluding carboxylic acids is 1. The Morgan fingerprint density at radius 1 is 1.29 bits per heavy atom. The van der Waals surface area contributed by atoms with E-state index in [4.69, 9.17) is 0 Å². The third-order valence-corrected chi connectivity index (χ3v) is 4.17. The molecule has 4 nitrogen and oxygen atoms in total. The van der Waals surface area contributed by atoms with Gasteiger partial charge in [0.15, 0.2) is 17.3 Å². The van der Waals surface area contributed by atoms with Crippen LogP contribution in [0, 0.1) is 5.82 Å². The second kappa shape index (κ2) is 6.85. The van der Waals surface area contributed by atoms with Crippen LogP contribution in [-0.4, -0.2) is 29.9 Å². The summed E-state index contributed by atoms with van der Waals surface area (Å²) in [6.45, 7) is 1.31. The second-order valence-electron chi connectivity index (χ2n) is 5.78. The van der Waals surface area contributed by atoms with Crippen molar-refractivity contribution in [1.82, 2.24) is 5.32 Å². The van der Waals surface area contributed by atoms with Gasteiger partial charge in [0.25, 0.3) is 0 Å². The van der Waals surface area contributed by atoms with E-state index in [0.29, 0.717) is 6.42 Å². The van der Waals surface area contributed by atoms with Crippen LogP contribution in [0.25, 0.3) is 0 Å². The molecule has 1 aliphatic carbocycles. The highest BCUT2D eigenvalue weighted by molar-refractivity contribution is 5.97. The molecule has 0 saturated heterocycles. The zero-order valence-corrected chi connectivity index (χ0v) is 13.9. The number of carbonyl (C=O) groups is 1. The SMILES string of the molecule is CN[C@@]1(c2cccc(OC(F)(F)F)c2F)CCC[C@](C)(O)C1=O.Cl. The number of rotatable bonds is 3. The maximum absolute atomic E-state index is 14.5. The molecule has 0 bridgehead atoms. The van der Waals surface area contributed by atoms with Gasteiger partial charge in [0.1, 0.15) is 11.1 Å². The summed E-state index contributed by atoms with van der Waals surface area (Å²) in [4.78, 5) is 12.6. The van der Waals surface area contributed by atoms with Crippen LogP contribution in [0.5, 0.6) is 5.75 Å². The Bertz CT molecular complexity index is 621. The van der Waals surface area contributed by atoms with E-state index in [1.165, 1.54) is 26.1 Å². The van der Waals surface area contributed by atoms with Gasteiger partial charge in [-0.15, -0.1) is 25.6 Å². The predicted molar refractivity (Wildman–Crippen MR) is 80.6 cm³/mol. The first-order valence-electron chi connectivity index (χ1n) is 7.04. The van der Waals surface area contributed by atoms with Crippen LogP contribution in [0.2, 0.25) is 0 Å². The van der Waals surface area contributed by atoms with Crippen molar-refractivity contribution in [3.05, 3.63) is 29.6 Å². The number of hydrogen-bond donors (Lipinski definition) is 2. The number of nitrogens with one attached hydrogen (secondary N) is 1. The number of aliphatic hydroxyl groups is 1. The Balaban J connectivity index is 0.00000288. The summed E-state index contributed by atoms with van der Waals surface area (Å²) in [5, 5.41) is 12.9. The summed E-state index contributed by atoms with van der Waals surface area (Å²) in [7, 11) is 1.40. The lowest BCUT2D eigenvalue weighted by molar-refractivity contribution is -0.275. The minimum Gasteiger partial charge on any atom is -0.403 e. The summed E-state index contributed by atoms with van der Waals surface area (Å²) in [6, 6.07) is 3.23. The van der Waals surface area contributed by atoms with Crippen LogP contribution in [0.15, 0.2) is 18.2 Å². The number of alkyl halides is 3. The van der Waals surface area contributed by atoms with Gasteiger partial charge in [-0.25, -0.2) is 4.39 Å². The van der Waals surface area contributed by atoms with Crippen molar-refractivity contribution in [2.45, 2.75) is 43.7 Å². The van der Waals surface area contributed by atoms with E-state index in [2.05, 4.69) is 10.1 Å². The third kappa shape index (κ3) is 3.65. The van der Waals surface area contributed by atoms with Gasteiger partial charge in [-0.3, -0.25) is 4.79 Å². The average Bonchev–Trinajstić information content (AvgIpc) is 2.43. The van der Waals surface area contributed by atoms with Crippen molar-refractivity contribution in [3.63, 3.8) is 0 Å². The molecule has 0 aliphatic heterocycles. The van der Waals surface area contributed by atoms with E-state index in [0.717, 1.165) is 6.07 Å². The molecule has 1 aromatic carbocycles. The normalized spacial score (nSPS) is 27.5. The van der Waals surface area contributed by atoms with Gasteiger partial charge in [-0.2, -0.15) is 0 Å². The molecule has 24 heavy (non-hydrogen) atoms. The third-order valence-electron chi connectivity index (χ3n) is 4.17. The lowest BCUT2D eigenvalue weighted by Crippen LogP contribution is -2.59. The van der Waals surface area contributed by atoms with Gasteiger partial charge in [0.2, 0.25) is 0 Å². The van der Waals surface area contributed by atoms with Crippen molar-refractivity contribution in [3.8, 4) is 5.75 Å². The number of Topliss-reactive ketones (excluding diaryl/α,β-unsaturated/α-hetero) is 1. The first kappa shape index (κ1) is 20.7.